The summed E-state index contributed by atoms with van der Waals surface area (Å²) in [5, 5.41) is 12.1. The van der Waals surface area contributed by atoms with E-state index in [2.05, 4.69) is 4.98 Å². The Bertz CT molecular complexity index is 641. The molecule has 0 aliphatic rings. The second-order valence-electron chi connectivity index (χ2n) is 4.79. The van der Waals surface area contributed by atoms with Crippen molar-refractivity contribution in [2.45, 2.75) is 19.8 Å². The number of likely N-dealkylation sites (N-methyl/N-ethyl adjacent to an activating group) is 1. The summed E-state index contributed by atoms with van der Waals surface area (Å²) in [4.78, 5) is 29.5. The fraction of sp³-hybridized carbons (Fsp3) is 0.312. The lowest BCUT2D eigenvalue weighted by atomic mass is 10.0. The van der Waals surface area contributed by atoms with E-state index in [0.717, 1.165) is 11.4 Å². The first-order chi connectivity index (χ1) is 10.6. The number of carboxylic acids is 1. The van der Waals surface area contributed by atoms with Crippen LogP contribution in [0.3, 0.4) is 0 Å². The molecule has 0 atom stereocenters. The number of hydrogen-bond donors (Lipinski definition) is 1. The molecule has 1 aromatic heterocycles. The highest BCUT2D eigenvalue weighted by atomic mass is 32.1. The molecule has 2 aromatic rings. The first-order valence-corrected chi connectivity index (χ1v) is 7.97. The topological polar surface area (TPSA) is 70.5 Å². The van der Waals surface area contributed by atoms with Gasteiger partial charge in [0.1, 0.15) is 0 Å². The lowest BCUT2D eigenvalue weighted by Gasteiger charge is -2.20. The van der Waals surface area contributed by atoms with Crippen LogP contribution in [0.25, 0.3) is 0 Å². The number of aromatic carboxylic acids is 1. The van der Waals surface area contributed by atoms with Crippen molar-refractivity contribution in [1.29, 1.82) is 0 Å². The van der Waals surface area contributed by atoms with Crippen molar-refractivity contribution >= 4 is 23.2 Å². The predicted octanol–water partition coefficient (Wildman–Crippen LogP) is 2.48. The highest BCUT2D eigenvalue weighted by molar-refractivity contribution is 7.09. The first kappa shape index (κ1) is 16.2. The summed E-state index contributed by atoms with van der Waals surface area (Å²) in [5.74, 6) is -1.07. The molecule has 0 saturated heterocycles. The molecule has 1 aromatic carbocycles. The van der Waals surface area contributed by atoms with Crippen LogP contribution in [0.4, 0.5) is 0 Å². The zero-order valence-electron chi connectivity index (χ0n) is 12.4. The minimum atomic E-state index is -1.01. The van der Waals surface area contributed by atoms with Crippen LogP contribution >= 0.6 is 11.3 Å². The van der Waals surface area contributed by atoms with E-state index >= 15 is 0 Å². The van der Waals surface area contributed by atoms with Gasteiger partial charge < -0.3 is 10.0 Å². The molecule has 0 bridgehead atoms. The molecule has 0 spiro atoms. The molecular formula is C16H18N2O3S. The van der Waals surface area contributed by atoms with Crippen molar-refractivity contribution in [3.63, 3.8) is 0 Å². The molecule has 0 fully saturated rings. The molecule has 0 aliphatic heterocycles. The smallest absolute Gasteiger partial charge is 0.335 e. The number of carboxylic acid groups (broad SMARTS) is 1. The number of amides is 1. The van der Waals surface area contributed by atoms with Crippen molar-refractivity contribution in [2.24, 2.45) is 0 Å². The Morgan fingerprint density at radius 2 is 2.09 bits per heavy atom. The van der Waals surface area contributed by atoms with Gasteiger partial charge in [-0.15, -0.1) is 11.3 Å². The van der Waals surface area contributed by atoms with Crippen LogP contribution in [0.1, 0.15) is 27.9 Å². The molecule has 1 amide bonds. The summed E-state index contributed by atoms with van der Waals surface area (Å²) in [6.45, 7) is 3.11. The van der Waals surface area contributed by atoms with Gasteiger partial charge >= 0.3 is 5.97 Å². The number of aromatic nitrogens is 1. The van der Waals surface area contributed by atoms with Crippen molar-refractivity contribution in [1.82, 2.24) is 9.88 Å². The second-order valence-corrected chi connectivity index (χ2v) is 5.77. The van der Waals surface area contributed by atoms with Gasteiger partial charge in [0.25, 0.3) is 0 Å². The quantitative estimate of drug-likeness (QED) is 0.851. The van der Waals surface area contributed by atoms with Gasteiger partial charge in [-0.05, 0) is 18.6 Å². The molecular weight excluding hydrogens is 300 g/mol. The van der Waals surface area contributed by atoms with Gasteiger partial charge in [-0.2, -0.15) is 0 Å². The average Bonchev–Trinajstić information content (AvgIpc) is 3.01. The summed E-state index contributed by atoms with van der Waals surface area (Å²) >= 11 is 1.57. The maximum absolute atomic E-state index is 12.4. The zero-order chi connectivity index (χ0) is 15.9. The fourth-order valence-corrected chi connectivity index (χ4v) is 2.83. The van der Waals surface area contributed by atoms with Gasteiger partial charge in [-0.25, -0.2) is 9.78 Å². The lowest BCUT2D eigenvalue weighted by molar-refractivity contribution is -0.130. The molecule has 1 heterocycles. The zero-order valence-corrected chi connectivity index (χ0v) is 13.2. The van der Waals surface area contributed by atoms with Crippen molar-refractivity contribution in [3.8, 4) is 0 Å². The Morgan fingerprint density at radius 1 is 1.32 bits per heavy atom. The van der Waals surface area contributed by atoms with E-state index in [1.54, 1.807) is 40.6 Å². The Labute approximate surface area is 133 Å². The van der Waals surface area contributed by atoms with E-state index in [0.29, 0.717) is 18.7 Å². The summed E-state index contributed by atoms with van der Waals surface area (Å²) in [5.41, 5.74) is 0.736. The standard InChI is InChI=1S/C16H18N2O3S/c1-2-18(9-7-14-17-8-10-22-14)15(19)11-12-5-3-4-6-13(12)16(20)21/h3-6,8,10H,2,7,9,11H2,1H3,(H,20,21). The van der Waals surface area contributed by atoms with E-state index in [4.69, 9.17) is 0 Å². The third-order valence-corrected chi connectivity index (χ3v) is 4.24. The molecule has 0 unspecified atom stereocenters. The van der Waals surface area contributed by atoms with Gasteiger partial charge in [0.2, 0.25) is 5.91 Å². The van der Waals surface area contributed by atoms with Crippen LogP contribution in [0, 0.1) is 0 Å². The minimum Gasteiger partial charge on any atom is -0.478 e. The molecule has 2 rings (SSSR count). The van der Waals surface area contributed by atoms with Gasteiger partial charge in [0, 0.05) is 31.1 Å². The molecule has 5 nitrogen and oxygen atoms in total. The van der Waals surface area contributed by atoms with Crippen LogP contribution in [0.2, 0.25) is 0 Å². The van der Waals surface area contributed by atoms with Crippen LogP contribution < -0.4 is 0 Å². The summed E-state index contributed by atoms with van der Waals surface area (Å²) in [7, 11) is 0. The maximum atomic E-state index is 12.4. The average molecular weight is 318 g/mol. The molecule has 6 heteroatoms. The third kappa shape index (κ3) is 4.14. The number of nitrogens with zero attached hydrogens (tertiary/aromatic N) is 2. The highest BCUT2D eigenvalue weighted by Crippen LogP contribution is 2.12. The van der Waals surface area contributed by atoms with E-state index < -0.39 is 5.97 Å². The first-order valence-electron chi connectivity index (χ1n) is 7.09. The molecule has 0 saturated carbocycles. The fourth-order valence-electron chi connectivity index (χ4n) is 2.22. The minimum absolute atomic E-state index is 0.0623. The van der Waals surface area contributed by atoms with Crippen LogP contribution in [0.15, 0.2) is 35.8 Å². The lowest BCUT2D eigenvalue weighted by Crippen LogP contribution is -2.34. The molecule has 0 radical (unpaired) electrons. The number of carbonyl (C=O) groups excluding carboxylic acids is 1. The van der Waals surface area contributed by atoms with Crippen molar-refractivity contribution in [3.05, 3.63) is 52.0 Å². The SMILES string of the molecule is CCN(CCc1nccs1)C(=O)Cc1ccccc1C(=O)O. The number of carbonyl (C=O) groups is 2. The monoisotopic (exact) mass is 318 g/mol. The van der Waals surface area contributed by atoms with E-state index in [-0.39, 0.29) is 17.9 Å². The molecule has 116 valence electrons. The largest absolute Gasteiger partial charge is 0.478 e. The predicted molar refractivity (Wildman–Crippen MR) is 85.2 cm³/mol. The number of hydrogen-bond acceptors (Lipinski definition) is 4. The van der Waals surface area contributed by atoms with Crippen LogP contribution in [-0.2, 0) is 17.6 Å². The number of benzene rings is 1. The van der Waals surface area contributed by atoms with Gasteiger partial charge in [-0.1, -0.05) is 18.2 Å². The summed E-state index contributed by atoms with van der Waals surface area (Å²) in [6, 6.07) is 6.63. The van der Waals surface area contributed by atoms with Crippen molar-refractivity contribution in [2.75, 3.05) is 13.1 Å². The summed E-state index contributed by atoms with van der Waals surface area (Å²) in [6.07, 6.45) is 2.58. The van der Waals surface area contributed by atoms with E-state index in [1.165, 1.54) is 6.07 Å². The molecule has 0 aliphatic carbocycles. The Hall–Kier alpha value is -2.21. The van der Waals surface area contributed by atoms with Crippen LogP contribution in [-0.4, -0.2) is 40.0 Å². The molecule has 22 heavy (non-hydrogen) atoms. The van der Waals surface area contributed by atoms with Crippen molar-refractivity contribution < 1.29 is 14.7 Å². The van der Waals surface area contributed by atoms with E-state index in [1.807, 2.05) is 12.3 Å². The summed E-state index contributed by atoms with van der Waals surface area (Å²) < 4.78 is 0. The third-order valence-electron chi connectivity index (χ3n) is 3.40. The second kappa shape index (κ2) is 7.70. The van der Waals surface area contributed by atoms with E-state index in [9.17, 15) is 14.7 Å². The Morgan fingerprint density at radius 3 is 2.73 bits per heavy atom. The molecule has 1 N–H and O–H groups in total. The number of thiazole rings is 1. The van der Waals surface area contributed by atoms with Gasteiger partial charge in [-0.3, -0.25) is 4.79 Å². The Kier molecular flexibility index (Phi) is 5.66. The highest BCUT2D eigenvalue weighted by Gasteiger charge is 2.16. The van der Waals surface area contributed by atoms with Crippen LogP contribution in [0.5, 0.6) is 0 Å². The Balaban J connectivity index is 2.01. The van der Waals surface area contributed by atoms with Gasteiger partial charge in [0.05, 0.1) is 17.0 Å². The number of rotatable bonds is 7. The normalized spacial score (nSPS) is 10.4. The van der Waals surface area contributed by atoms with Gasteiger partial charge in [0.15, 0.2) is 0 Å². The maximum Gasteiger partial charge on any atom is 0.335 e.